The molecule has 0 bridgehead atoms. The number of nitrogens with one attached hydrogen (secondary N) is 1. The van der Waals surface area contributed by atoms with Crippen molar-refractivity contribution in [3.63, 3.8) is 0 Å². The number of hydrogen-bond donors (Lipinski definition) is 1. The van der Waals surface area contributed by atoms with Gasteiger partial charge in [-0.05, 0) is 46.2 Å². The van der Waals surface area contributed by atoms with Gasteiger partial charge in [-0.1, -0.05) is 20.8 Å². The number of nitrogens with zero attached hydrogens (tertiary/aromatic N) is 2. The maximum Gasteiger partial charge on any atom is 0.240 e. The number of amides is 1. The number of carbonyl (C=O) groups is 1. The zero-order valence-electron chi connectivity index (χ0n) is 14.8. The van der Waals surface area contributed by atoms with Crippen molar-refractivity contribution in [2.75, 3.05) is 20.6 Å². The average molecular weight is 333 g/mol. The summed E-state index contributed by atoms with van der Waals surface area (Å²) in [4.78, 5) is 17.5. The molecule has 4 nitrogen and oxygen atoms in total. The largest absolute Gasteiger partial charge is 0.354 e. The van der Waals surface area contributed by atoms with Crippen LogP contribution in [0.3, 0.4) is 0 Å². The van der Waals surface area contributed by atoms with Gasteiger partial charge in [-0.2, -0.15) is 0 Å². The maximum atomic E-state index is 12.5. The summed E-state index contributed by atoms with van der Waals surface area (Å²) in [5.74, 6) is 1.36. The van der Waals surface area contributed by atoms with Crippen LogP contribution in [-0.2, 0) is 4.79 Å². The number of hydrogen-bond acceptors (Lipinski definition) is 3. The van der Waals surface area contributed by atoms with Crippen LogP contribution in [0.2, 0.25) is 0 Å². The SMILES string of the molecule is CC(C)C[C@@]1(C)C[C@H]2[C@H]([C@H](C)[C@@]3(CCNC3=O)N2C)N1C.[Ar]. The first-order valence-corrected chi connectivity index (χ1v) is 8.48. The van der Waals surface area contributed by atoms with Gasteiger partial charge in [0.2, 0.25) is 5.91 Å². The second-order valence-electron chi connectivity index (χ2n) is 8.30. The molecule has 3 fully saturated rings. The summed E-state index contributed by atoms with van der Waals surface area (Å²) in [6.07, 6.45) is 3.38. The smallest absolute Gasteiger partial charge is 0.240 e. The van der Waals surface area contributed by atoms with E-state index in [2.05, 4.69) is 56.9 Å². The van der Waals surface area contributed by atoms with E-state index < -0.39 is 0 Å². The van der Waals surface area contributed by atoms with Gasteiger partial charge in [-0.25, -0.2) is 0 Å². The number of carbonyl (C=O) groups excluding carboxylic acids is 1. The molecule has 0 aliphatic carbocycles. The summed E-state index contributed by atoms with van der Waals surface area (Å²) in [6.45, 7) is 10.2. The molecular weight excluding hydrogens is 302 g/mol. The fourth-order valence-electron chi connectivity index (χ4n) is 5.78. The van der Waals surface area contributed by atoms with Crippen LogP contribution in [0.15, 0.2) is 0 Å². The van der Waals surface area contributed by atoms with E-state index in [-0.39, 0.29) is 54.7 Å². The fourth-order valence-corrected chi connectivity index (χ4v) is 5.78. The Morgan fingerprint density at radius 1 is 1.32 bits per heavy atom. The predicted molar refractivity (Wildman–Crippen MR) is 85.1 cm³/mol. The van der Waals surface area contributed by atoms with Crippen molar-refractivity contribution in [1.82, 2.24) is 15.1 Å². The van der Waals surface area contributed by atoms with E-state index in [4.69, 9.17) is 0 Å². The molecule has 3 rings (SSSR count). The molecule has 1 amide bonds. The third-order valence-electron chi connectivity index (χ3n) is 6.77. The standard InChI is InChI=1S/C17H31N3O.Ar/c1-11(2)9-16(4)10-13-14(20(16)6)12(3)17(19(13)5)7-8-18-15(17)21;/h11-14H,7-10H2,1-6H3,(H,18,21);/t12-,13-,14-,16-,17+;/m0./s1. The minimum absolute atomic E-state index is 0. The Morgan fingerprint density at radius 3 is 2.41 bits per heavy atom. The van der Waals surface area contributed by atoms with Gasteiger partial charge in [0.1, 0.15) is 5.54 Å². The van der Waals surface area contributed by atoms with Crippen molar-refractivity contribution < 1.29 is 42.5 Å². The Morgan fingerprint density at radius 2 is 1.95 bits per heavy atom. The molecule has 1 spiro atoms. The Labute approximate surface area is 165 Å². The molecule has 0 radical (unpaired) electrons. The summed E-state index contributed by atoms with van der Waals surface area (Å²) in [6, 6.07) is 1.01. The summed E-state index contributed by atoms with van der Waals surface area (Å²) < 4.78 is 0. The second kappa shape index (κ2) is 6.18. The van der Waals surface area contributed by atoms with Crippen molar-refractivity contribution >= 4 is 5.91 Å². The molecule has 0 aromatic rings. The molecule has 5 heteroatoms. The van der Waals surface area contributed by atoms with Crippen LogP contribution in [0.5, 0.6) is 0 Å². The molecule has 5 atom stereocenters. The molecule has 0 aromatic heterocycles. The van der Waals surface area contributed by atoms with Crippen molar-refractivity contribution in [1.29, 1.82) is 0 Å². The van der Waals surface area contributed by atoms with Gasteiger partial charge in [0.25, 0.3) is 0 Å². The van der Waals surface area contributed by atoms with Gasteiger partial charge < -0.3 is 5.32 Å². The first-order valence-electron chi connectivity index (χ1n) is 8.48. The molecule has 3 saturated heterocycles. The number of likely N-dealkylation sites (N-methyl/N-ethyl adjacent to an activating group) is 2. The quantitative estimate of drug-likeness (QED) is 0.836. The van der Waals surface area contributed by atoms with Crippen LogP contribution in [0.1, 0.15) is 47.0 Å². The van der Waals surface area contributed by atoms with Gasteiger partial charge in [0.15, 0.2) is 0 Å². The van der Waals surface area contributed by atoms with Gasteiger partial charge in [0.05, 0.1) is 0 Å². The van der Waals surface area contributed by atoms with Gasteiger partial charge in [0, 0.05) is 67.8 Å². The molecule has 128 valence electrons. The monoisotopic (exact) mass is 333 g/mol. The third kappa shape index (κ3) is 2.40. The number of likely N-dealkylation sites (tertiary alicyclic amines) is 2. The fraction of sp³-hybridized carbons (Fsp3) is 0.941. The number of rotatable bonds is 2. The molecule has 0 saturated carbocycles. The van der Waals surface area contributed by atoms with Crippen molar-refractivity contribution in [2.24, 2.45) is 11.8 Å². The summed E-state index contributed by atoms with van der Waals surface area (Å²) >= 11 is 0. The zero-order chi connectivity index (χ0) is 15.6. The van der Waals surface area contributed by atoms with E-state index in [1.807, 2.05) is 0 Å². The van der Waals surface area contributed by atoms with Crippen LogP contribution in [0.4, 0.5) is 0 Å². The molecule has 22 heavy (non-hydrogen) atoms. The predicted octanol–water partition coefficient (Wildman–Crippen LogP) is 1.70. The van der Waals surface area contributed by atoms with Gasteiger partial charge >= 0.3 is 0 Å². The Bertz CT molecular complexity index is 457. The van der Waals surface area contributed by atoms with Crippen LogP contribution in [0, 0.1) is 49.6 Å². The molecule has 0 unspecified atom stereocenters. The Hall–Kier alpha value is 0.650. The molecule has 1 N–H and O–H groups in total. The molecule has 0 aromatic carbocycles. The summed E-state index contributed by atoms with van der Waals surface area (Å²) in [5, 5.41) is 3.07. The minimum atomic E-state index is -0.261. The van der Waals surface area contributed by atoms with Crippen LogP contribution >= 0.6 is 0 Å². The van der Waals surface area contributed by atoms with E-state index in [1.165, 1.54) is 12.8 Å². The van der Waals surface area contributed by atoms with Crippen LogP contribution in [0.25, 0.3) is 0 Å². The van der Waals surface area contributed by atoms with Crippen molar-refractivity contribution in [3.8, 4) is 0 Å². The van der Waals surface area contributed by atoms with Crippen molar-refractivity contribution in [3.05, 3.63) is 0 Å². The molecule has 3 aliphatic rings. The Balaban J connectivity index is 0.00000176. The van der Waals surface area contributed by atoms with Gasteiger partial charge in [-0.15, -0.1) is 0 Å². The van der Waals surface area contributed by atoms with Crippen molar-refractivity contribution in [2.45, 2.75) is 70.1 Å². The first-order chi connectivity index (χ1) is 9.74. The molecule has 3 heterocycles. The Kier molecular flexibility index (Phi) is 5.33. The van der Waals surface area contributed by atoms with Crippen LogP contribution < -0.4 is 5.32 Å². The third-order valence-corrected chi connectivity index (χ3v) is 6.77. The van der Waals surface area contributed by atoms with E-state index in [0.29, 0.717) is 23.9 Å². The maximum absolute atomic E-state index is 12.5. The van der Waals surface area contributed by atoms with E-state index in [1.54, 1.807) is 0 Å². The molecular formula is C17H31ArN3O. The van der Waals surface area contributed by atoms with Gasteiger partial charge in [-0.3, -0.25) is 14.6 Å². The number of fused-ring (bicyclic) bond motifs is 1. The second-order valence-corrected chi connectivity index (χ2v) is 8.30. The molecule has 3 aliphatic heterocycles. The minimum Gasteiger partial charge on any atom is -0.354 e. The first kappa shape index (κ1) is 19.0. The van der Waals surface area contributed by atoms with E-state index in [9.17, 15) is 4.79 Å². The average Bonchev–Trinajstić information content (AvgIpc) is 2.94. The van der Waals surface area contributed by atoms with Crippen LogP contribution in [-0.4, -0.2) is 59.5 Å². The summed E-state index contributed by atoms with van der Waals surface area (Å²) in [5.41, 5.74) is 0.00542. The van der Waals surface area contributed by atoms with E-state index in [0.717, 1.165) is 13.0 Å². The topological polar surface area (TPSA) is 35.6 Å². The van der Waals surface area contributed by atoms with E-state index >= 15 is 0 Å². The zero-order valence-corrected chi connectivity index (χ0v) is 15.5. The normalized spacial score (nSPS) is 45.4. The summed E-state index contributed by atoms with van der Waals surface area (Å²) in [7, 11) is 4.46.